The van der Waals surface area contributed by atoms with Crippen LogP contribution in [0.1, 0.15) is 35.7 Å². The molecule has 0 unspecified atom stereocenters. The predicted molar refractivity (Wildman–Crippen MR) is 77.7 cm³/mol. The standard InChI is InChI=1S/C13H19N5.ClH/c1-9-11(8-15-17(9)2)7-14-13-6-12(10-4-5-10)16-18(13)3;/h6,8,10,14H,4-5,7H2,1-3H3;1H. The van der Waals surface area contributed by atoms with Crippen molar-refractivity contribution in [1.82, 2.24) is 19.6 Å². The molecule has 104 valence electrons. The van der Waals surface area contributed by atoms with Crippen molar-refractivity contribution in [3.05, 3.63) is 29.2 Å². The second kappa shape index (κ2) is 5.25. The minimum atomic E-state index is 0. The summed E-state index contributed by atoms with van der Waals surface area (Å²) in [7, 11) is 3.96. The molecule has 0 radical (unpaired) electrons. The number of nitrogens with one attached hydrogen (secondary N) is 1. The van der Waals surface area contributed by atoms with Crippen molar-refractivity contribution in [3.8, 4) is 0 Å². The van der Waals surface area contributed by atoms with Crippen molar-refractivity contribution in [2.45, 2.75) is 32.2 Å². The molecule has 2 aromatic rings. The largest absolute Gasteiger partial charge is 0.366 e. The Bertz CT molecular complexity index is 568. The van der Waals surface area contributed by atoms with Crippen LogP contribution in [-0.2, 0) is 20.6 Å². The molecule has 2 aromatic heterocycles. The number of aryl methyl sites for hydroxylation is 2. The van der Waals surface area contributed by atoms with E-state index in [1.165, 1.54) is 29.8 Å². The second-order valence-electron chi connectivity index (χ2n) is 5.08. The highest BCUT2D eigenvalue weighted by molar-refractivity contribution is 5.85. The zero-order valence-electron chi connectivity index (χ0n) is 11.6. The van der Waals surface area contributed by atoms with Gasteiger partial charge in [0.25, 0.3) is 0 Å². The van der Waals surface area contributed by atoms with Crippen LogP contribution in [0.15, 0.2) is 12.3 Å². The molecule has 0 spiro atoms. The first-order valence-corrected chi connectivity index (χ1v) is 6.40. The van der Waals surface area contributed by atoms with Crippen molar-refractivity contribution in [3.63, 3.8) is 0 Å². The van der Waals surface area contributed by atoms with Crippen LogP contribution in [0.25, 0.3) is 0 Å². The molecule has 1 aliphatic rings. The van der Waals surface area contributed by atoms with Crippen LogP contribution in [0.4, 0.5) is 5.82 Å². The van der Waals surface area contributed by atoms with Crippen molar-refractivity contribution in [1.29, 1.82) is 0 Å². The molecule has 1 fully saturated rings. The Kier molecular flexibility index (Phi) is 3.85. The van der Waals surface area contributed by atoms with Crippen LogP contribution >= 0.6 is 12.4 Å². The first-order chi connectivity index (χ1) is 8.65. The molecule has 5 nitrogen and oxygen atoms in total. The number of halogens is 1. The van der Waals surface area contributed by atoms with E-state index in [4.69, 9.17) is 0 Å². The molecule has 0 aromatic carbocycles. The molecule has 0 bridgehead atoms. The third-order valence-electron chi connectivity index (χ3n) is 3.69. The highest BCUT2D eigenvalue weighted by Crippen LogP contribution is 2.39. The third-order valence-corrected chi connectivity index (χ3v) is 3.69. The van der Waals surface area contributed by atoms with Gasteiger partial charge in [-0.3, -0.25) is 9.36 Å². The van der Waals surface area contributed by atoms with Crippen LogP contribution in [0, 0.1) is 6.92 Å². The Morgan fingerprint density at radius 3 is 2.63 bits per heavy atom. The van der Waals surface area contributed by atoms with Gasteiger partial charge in [-0.25, -0.2) is 0 Å². The van der Waals surface area contributed by atoms with E-state index in [0.29, 0.717) is 5.92 Å². The van der Waals surface area contributed by atoms with Gasteiger partial charge in [-0.2, -0.15) is 10.2 Å². The number of hydrogen-bond acceptors (Lipinski definition) is 3. The predicted octanol–water partition coefficient (Wildman–Crippen LogP) is 2.37. The van der Waals surface area contributed by atoms with Crippen molar-refractivity contribution >= 4 is 18.2 Å². The second-order valence-corrected chi connectivity index (χ2v) is 5.08. The number of nitrogens with zero attached hydrogens (tertiary/aromatic N) is 4. The van der Waals surface area contributed by atoms with Gasteiger partial charge in [-0.05, 0) is 19.8 Å². The highest BCUT2D eigenvalue weighted by Gasteiger charge is 2.26. The Morgan fingerprint density at radius 2 is 2.05 bits per heavy atom. The minimum Gasteiger partial charge on any atom is -0.366 e. The van der Waals surface area contributed by atoms with E-state index in [0.717, 1.165) is 12.4 Å². The fourth-order valence-electron chi connectivity index (χ4n) is 2.14. The fourth-order valence-corrected chi connectivity index (χ4v) is 2.14. The van der Waals surface area contributed by atoms with Gasteiger partial charge in [0.05, 0.1) is 11.9 Å². The maximum Gasteiger partial charge on any atom is 0.124 e. The maximum atomic E-state index is 4.55. The molecule has 1 aliphatic carbocycles. The summed E-state index contributed by atoms with van der Waals surface area (Å²) in [6.45, 7) is 2.88. The summed E-state index contributed by atoms with van der Waals surface area (Å²) < 4.78 is 3.83. The zero-order chi connectivity index (χ0) is 12.7. The fraction of sp³-hybridized carbons (Fsp3) is 0.538. The molecule has 0 atom stereocenters. The van der Waals surface area contributed by atoms with Gasteiger partial charge in [-0.1, -0.05) is 0 Å². The average Bonchev–Trinajstić information content (AvgIpc) is 3.07. The van der Waals surface area contributed by atoms with E-state index in [-0.39, 0.29) is 12.4 Å². The number of aromatic nitrogens is 4. The molecule has 0 amide bonds. The van der Waals surface area contributed by atoms with Gasteiger partial charge < -0.3 is 5.32 Å². The van der Waals surface area contributed by atoms with E-state index >= 15 is 0 Å². The van der Waals surface area contributed by atoms with Crippen LogP contribution in [-0.4, -0.2) is 19.6 Å². The Hall–Kier alpha value is -1.49. The molecule has 6 heteroatoms. The molecule has 1 saturated carbocycles. The molecule has 3 rings (SSSR count). The average molecular weight is 282 g/mol. The van der Waals surface area contributed by atoms with Gasteiger partial charge in [0.15, 0.2) is 0 Å². The Balaban J connectivity index is 0.00000133. The smallest absolute Gasteiger partial charge is 0.124 e. The quantitative estimate of drug-likeness (QED) is 0.936. The van der Waals surface area contributed by atoms with E-state index in [2.05, 4.69) is 28.5 Å². The summed E-state index contributed by atoms with van der Waals surface area (Å²) in [6.07, 6.45) is 4.50. The van der Waals surface area contributed by atoms with Crippen LogP contribution in [0.3, 0.4) is 0 Å². The van der Waals surface area contributed by atoms with Gasteiger partial charge in [0.1, 0.15) is 5.82 Å². The summed E-state index contributed by atoms with van der Waals surface area (Å²) in [5, 5.41) is 12.2. The summed E-state index contributed by atoms with van der Waals surface area (Å²) in [4.78, 5) is 0. The summed E-state index contributed by atoms with van der Waals surface area (Å²) in [5.41, 5.74) is 3.65. The summed E-state index contributed by atoms with van der Waals surface area (Å²) >= 11 is 0. The third kappa shape index (κ3) is 2.76. The van der Waals surface area contributed by atoms with E-state index in [1.54, 1.807) is 0 Å². The molecule has 2 heterocycles. The molecular formula is C13H20ClN5. The lowest BCUT2D eigenvalue weighted by Gasteiger charge is -2.05. The van der Waals surface area contributed by atoms with Gasteiger partial charge in [0.2, 0.25) is 0 Å². The zero-order valence-corrected chi connectivity index (χ0v) is 12.4. The highest BCUT2D eigenvalue weighted by atomic mass is 35.5. The lowest BCUT2D eigenvalue weighted by atomic mass is 10.2. The Labute approximate surface area is 119 Å². The number of rotatable bonds is 4. The van der Waals surface area contributed by atoms with Crippen LogP contribution in [0.5, 0.6) is 0 Å². The Morgan fingerprint density at radius 1 is 1.32 bits per heavy atom. The number of hydrogen-bond donors (Lipinski definition) is 1. The molecular weight excluding hydrogens is 262 g/mol. The summed E-state index contributed by atoms with van der Waals surface area (Å²) in [6, 6.07) is 2.17. The molecule has 1 N–H and O–H groups in total. The summed E-state index contributed by atoms with van der Waals surface area (Å²) in [5.74, 6) is 1.78. The first-order valence-electron chi connectivity index (χ1n) is 6.40. The maximum absolute atomic E-state index is 4.55. The normalized spacial score (nSPS) is 14.3. The lowest BCUT2D eigenvalue weighted by Crippen LogP contribution is -2.05. The minimum absolute atomic E-state index is 0. The van der Waals surface area contributed by atoms with Gasteiger partial charge in [-0.15, -0.1) is 12.4 Å². The van der Waals surface area contributed by atoms with Crippen LogP contribution in [0.2, 0.25) is 0 Å². The van der Waals surface area contributed by atoms with Crippen molar-refractivity contribution in [2.75, 3.05) is 5.32 Å². The SMILES string of the molecule is Cc1c(CNc2cc(C3CC3)nn2C)cnn1C.Cl. The monoisotopic (exact) mass is 281 g/mol. The topological polar surface area (TPSA) is 47.7 Å². The van der Waals surface area contributed by atoms with Crippen LogP contribution < -0.4 is 5.32 Å². The molecule has 0 saturated heterocycles. The number of anilines is 1. The van der Waals surface area contributed by atoms with E-state index in [9.17, 15) is 0 Å². The van der Waals surface area contributed by atoms with Gasteiger partial charge in [0, 0.05) is 43.9 Å². The first kappa shape index (κ1) is 13.9. The lowest BCUT2D eigenvalue weighted by molar-refractivity contribution is 0.736. The molecule has 19 heavy (non-hydrogen) atoms. The van der Waals surface area contributed by atoms with Crippen molar-refractivity contribution < 1.29 is 0 Å². The van der Waals surface area contributed by atoms with E-state index in [1.807, 2.05) is 29.7 Å². The van der Waals surface area contributed by atoms with Crippen molar-refractivity contribution in [2.24, 2.45) is 14.1 Å². The van der Waals surface area contributed by atoms with Gasteiger partial charge >= 0.3 is 0 Å². The van der Waals surface area contributed by atoms with E-state index < -0.39 is 0 Å². The molecule has 0 aliphatic heterocycles.